The van der Waals surface area contributed by atoms with Crippen molar-refractivity contribution >= 4 is 36.5 Å². The second-order valence-electron chi connectivity index (χ2n) is 7.27. The SMILES string of the molecule is Cc1cnn(C)c1-c1ccc(NC(=O)[C@@H](N)C2CCC(C)CC2)nc1.Cl.Cl. The normalized spacial score (nSPS) is 20.1. The van der Waals surface area contributed by atoms with Crippen LogP contribution < -0.4 is 11.1 Å². The summed E-state index contributed by atoms with van der Waals surface area (Å²) in [5.41, 5.74) is 9.27. The average molecular weight is 414 g/mol. The van der Waals surface area contributed by atoms with Crippen LogP contribution in [-0.4, -0.2) is 26.7 Å². The molecule has 1 atom stereocenters. The minimum absolute atomic E-state index is 0. The van der Waals surface area contributed by atoms with Gasteiger partial charge in [-0.15, -0.1) is 24.8 Å². The number of aromatic nitrogens is 3. The standard InChI is InChI=1S/C19H27N5O.2ClH/c1-12-4-6-14(7-5-12)17(20)19(25)23-16-9-8-15(11-21-16)18-13(2)10-22-24(18)3;;/h8-12,14,17H,4-7,20H2,1-3H3,(H,21,23,25);2*1H/t12?,14?,17-;;/m0../s1. The molecule has 1 aliphatic carbocycles. The maximum absolute atomic E-state index is 12.4. The lowest BCUT2D eigenvalue weighted by Crippen LogP contribution is -2.43. The lowest BCUT2D eigenvalue weighted by molar-refractivity contribution is -0.118. The number of nitrogens with zero attached hydrogens (tertiary/aromatic N) is 3. The zero-order chi connectivity index (χ0) is 18.0. The Morgan fingerprint density at radius 3 is 2.41 bits per heavy atom. The summed E-state index contributed by atoms with van der Waals surface area (Å²) >= 11 is 0. The van der Waals surface area contributed by atoms with Crippen molar-refractivity contribution in [2.75, 3.05) is 5.32 Å². The van der Waals surface area contributed by atoms with Gasteiger partial charge >= 0.3 is 0 Å². The number of amides is 1. The molecule has 6 nitrogen and oxygen atoms in total. The van der Waals surface area contributed by atoms with Crippen LogP contribution in [0, 0.1) is 18.8 Å². The Balaban J connectivity index is 0.00000182. The first-order valence-corrected chi connectivity index (χ1v) is 8.97. The van der Waals surface area contributed by atoms with Crippen LogP contribution in [0.5, 0.6) is 0 Å². The van der Waals surface area contributed by atoms with Crippen molar-refractivity contribution in [3.63, 3.8) is 0 Å². The first kappa shape index (κ1) is 23.4. The van der Waals surface area contributed by atoms with Gasteiger partial charge in [-0.2, -0.15) is 5.10 Å². The summed E-state index contributed by atoms with van der Waals surface area (Å²) in [7, 11) is 1.90. The van der Waals surface area contributed by atoms with Gasteiger partial charge in [-0.1, -0.05) is 19.8 Å². The van der Waals surface area contributed by atoms with Gasteiger partial charge in [-0.25, -0.2) is 4.98 Å². The van der Waals surface area contributed by atoms with E-state index in [0.29, 0.717) is 5.82 Å². The third kappa shape index (κ3) is 5.43. The molecule has 2 heterocycles. The van der Waals surface area contributed by atoms with E-state index in [-0.39, 0.29) is 36.6 Å². The molecule has 150 valence electrons. The van der Waals surface area contributed by atoms with Crippen LogP contribution in [-0.2, 0) is 11.8 Å². The summed E-state index contributed by atoms with van der Waals surface area (Å²) in [5, 5.41) is 7.10. The van der Waals surface area contributed by atoms with Crippen LogP contribution in [0.15, 0.2) is 24.5 Å². The van der Waals surface area contributed by atoms with Crippen molar-refractivity contribution in [2.24, 2.45) is 24.6 Å². The molecule has 1 fully saturated rings. The molecule has 0 saturated heterocycles. The summed E-state index contributed by atoms with van der Waals surface area (Å²) < 4.78 is 1.82. The fourth-order valence-electron chi connectivity index (χ4n) is 3.64. The Morgan fingerprint density at radius 1 is 1.22 bits per heavy atom. The molecule has 8 heteroatoms. The molecule has 0 aliphatic heterocycles. The Morgan fingerprint density at radius 2 is 1.89 bits per heavy atom. The number of nitrogens with one attached hydrogen (secondary N) is 1. The minimum Gasteiger partial charge on any atom is -0.320 e. The van der Waals surface area contributed by atoms with E-state index in [1.807, 2.05) is 37.0 Å². The number of rotatable bonds is 4. The van der Waals surface area contributed by atoms with E-state index in [2.05, 4.69) is 22.3 Å². The molecule has 2 aromatic rings. The molecule has 0 radical (unpaired) electrons. The molecule has 3 rings (SSSR count). The summed E-state index contributed by atoms with van der Waals surface area (Å²) in [6.07, 6.45) is 7.96. The number of nitrogens with two attached hydrogens (primary N) is 1. The lowest BCUT2D eigenvalue weighted by Gasteiger charge is -2.29. The van der Waals surface area contributed by atoms with Crippen molar-refractivity contribution in [1.82, 2.24) is 14.8 Å². The number of hydrogen-bond donors (Lipinski definition) is 2. The van der Waals surface area contributed by atoms with Gasteiger partial charge in [-0.3, -0.25) is 9.48 Å². The Bertz CT molecular complexity index is 720. The maximum Gasteiger partial charge on any atom is 0.242 e. The number of hydrogen-bond acceptors (Lipinski definition) is 4. The van der Waals surface area contributed by atoms with Crippen molar-refractivity contribution in [3.05, 3.63) is 30.1 Å². The molecule has 3 N–H and O–H groups in total. The lowest BCUT2D eigenvalue weighted by atomic mass is 9.79. The van der Waals surface area contributed by atoms with Gasteiger partial charge in [0.2, 0.25) is 5.91 Å². The van der Waals surface area contributed by atoms with E-state index < -0.39 is 6.04 Å². The van der Waals surface area contributed by atoms with Crippen LogP contribution in [0.4, 0.5) is 5.82 Å². The summed E-state index contributed by atoms with van der Waals surface area (Å²) in [5.74, 6) is 1.41. The molecule has 1 aliphatic rings. The van der Waals surface area contributed by atoms with Gasteiger partial charge in [0.1, 0.15) is 5.82 Å². The van der Waals surface area contributed by atoms with Gasteiger partial charge < -0.3 is 11.1 Å². The van der Waals surface area contributed by atoms with E-state index in [4.69, 9.17) is 5.73 Å². The summed E-state index contributed by atoms with van der Waals surface area (Å²) in [4.78, 5) is 16.8. The fraction of sp³-hybridized carbons (Fsp3) is 0.526. The second kappa shape index (κ2) is 10.1. The van der Waals surface area contributed by atoms with Crippen molar-refractivity contribution in [1.29, 1.82) is 0 Å². The molecule has 1 amide bonds. The van der Waals surface area contributed by atoms with Crippen LogP contribution in [0.1, 0.15) is 38.2 Å². The first-order valence-electron chi connectivity index (χ1n) is 8.97. The highest BCUT2D eigenvalue weighted by molar-refractivity contribution is 5.94. The molecular weight excluding hydrogens is 385 g/mol. The van der Waals surface area contributed by atoms with E-state index in [9.17, 15) is 4.79 Å². The molecule has 2 aromatic heterocycles. The fourth-order valence-corrected chi connectivity index (χ4v) is 3.64. The van der Waals surface area contributed by atoms with Gasteiger partial charge in [0, 0.05) is 18.8 Å². The number of carbonyl (C=O) groups is 1. The number of carbonyl (C=O) groups excluding carboxylic acids is 1. The molecule has 0 bridgehead atoms. The average Bonchev–Trinajstić information content (AvgIpc) is 2.94. The zero-order valence-electron chi connectivity index (χ0n) is 16.0. The van der Waals surface area contributed by atoms with Crippen molar-refractivity contribution in [2.45, 2.75) is 45.6 Å². The largest absolute Gasteiger partial charge is 0.320 e. The summed E-state index contributed by atoms with van der Waals surface area (Å²) in [6, 6.07) is 3.30. The quantitative estimate of drug-likeness (QED) is 0.799. The first-order chi connectivity index (χ1) is 12.0. The van der Waals surface area contributed by atoms with Gasteiger partial charge in [0.25, 0.3) is 0 Å². The Kier molecular flexibility index (Phi) is 8.72. The smallest absolute Gasteiger partial charge is 0.242 e. The topological polar surface area (TPSA) is 85.8 Å². The molecule has 0 aromatic carbocycles. The highest BCUT2D eigenvalue weighted by atomic mass is 35.5. The van der Waals surface area contributed by atoms with E-state index >= 15 is 0 Å². The second-order valence-corrected chi connectivity index (χ2v) is 7.27. The van der Waals surface area contributed by atoms with Crippen molar-refractivity contribution < 1.29 is 4.79 Å². The van der Waals surface area contributed by atoms with Crippen LogP contribution in [0.25, 0.3) is 11.3 Å². The van der Waals surface area contributed by atoms with Gasteiger partial charge in [-0.05, 0) is 49.3 Å². The predicted octanol–water partition coefficient (Wildman–Crippen LogP) is 3.73. The highest BCUT2D eigenvalue weighted by Crippen LogP contribution is 2.30. The molecular formula is C19H29Cl2N5O. The number of pyridine rings is 1. The van der Waals surface area contributed by atoms with Crippen LogP contribution in [0.3, 0.4) is 0 Å². The Labute approximate surface area is 173 Å². The third-order valence-electron chi connectivity index (χ3n) is 5.28. The van der Waals surface area contributed by atoms with Crippen molar-refractivity contribution in [3.8, 4) is 11.3 Å². The third-order valence-corrected chi connectivity index (χ3v) is 5.28. The monoisotopic (exact) mass is 413 g/mol. The molecule has 0 unspecified atom stereocenters. The molecule has 0 spiro atoms. The minimum atomic E-state index is -0.465. The summed E-state index contributed by atoms with van der Waals surface area (Å²) in [6.45, 7) is 4.28. The predicted molar refractivity (Wildman–Crippen MR) is 113 cm³/mol. The van der Waals surface area contributed by atoms with E-state index in [1.165, 1.54) is 0 Å². The Hall–Kier alpha value is -1.63. The number of anilines is 1. The van der Waals surface area contributed by atoms with E-state index in [1.54, 1.807) is 6.20 Å². The molecule has 27 heavy (non-hydrogen) atoms. The number of aryl methyl sites for hydroxylation is 2. The van der Waals surface area contributed by atoms with Gasteiger partial charge in [0.15, 0.2) is 0 Å². The highest BCUT2D eigenvalue weighted by Gasteiger charge is 2.28. The maximum atomic E-state index is 12.4. The van der Waals surface area contributed by atoms with Gasteiger partial charge in [0.05, 0.1) is 17.9 Å². The van der Waals surface area contributed by atoms with E-state index in [0.717, 1.165) is 48.4 Å². The number of halogens is 2. The van der Waals surface area contributed by atoms with Crippen LogP contribution in [0.2, 0.25) is 0 Å². The zero-order valence-corrected chi connectivity index (χ0v) is 17.6. The van der Waals surface area contributed by atoms with Crippen LogP contribution >= 0.6 is 24.8 Å². The molecule has 1 saturated carbocycles.